The van der Waals surface area contributed by atoms with Crippen LogP contribution >= 0.6 is 0 Å². The number of hydrogen-bond acceptors (Lipinski definition) is 2. The summed E-state index contributed by atoms with van der Waals surface area (Å²) in [5, 5.41) is 7.07. The summed E-state index contributed by atoms with van der Waals surface area (Å²) in [4.78, 5) is 2.41. The van der Waals surface area contributed by atoms with E-state index in [2.05, 4.69) is 210 Å². The van der Waals surface area contributed by atoms with Gasteiger partial charge in [-0.25, -0.2) is 0 Å². The molecule has 0 saturated heterocycles. The number of para-hydroxylation sites is 4. The number of benzene rings is 9. The predicted molar refractivity (Wildman–Crippen MR) is 231 cm³/mol. The standard InChI is InChI=1S/C52H34N2O/c1-2-15-35(16-3-1)36-29-31-38(32-30-36)53(49-26-14-28-51-52(49)44-22-9-13-27-50(44)55-51)48-25-12-8-21-43(48)45-34-39(33-37-17-4-5-18-40(37)45)54-46-23-10-6-19-41(46)42-20-7-11-24-47(42)54/h1-34H. The molecule has 0 spiro atoms. The van der Waals surface area contributed by atoms with Gasteiger partial charge in [0.15, 0.2) is 0 Å². The smallest absolute Gasteiger partial charge is 0.137 e. The van der Waals surface area contributed by atoms with E-state index in [1.807, 2.05) is 6.07 Å². The molecule has 258 valence electrons. The summed E-state index contributed by atoms with van der Waals surface area (Å²) in [5.41, 5.74) is 13.1. The molecule has 2 aromatic heterocycles. The van der Waals surface area contributed by atoms with Crippen molar-refractivity contribution in [2.24, 2.45) is 0 Å². The van der Waals surface area contributed by atoms with Gasteiger partial charge in [-0.3, -0.25) is 0 Å². The van der Waals surface area contributed by atoms with E-state index < -0.39 is 0 Å². The Bertz CT molecular complexity index is 3150. The van der Waals surface area contributed by atoms with Crippen molar-refractivity contribution in [1.29, 1.82) is 0 Å². The Hall–Kier alpha value is -7.36. The number of rotatable bonds is 6. The second-order valence-electron chi connectivity index (χ2n) is 14.1. The molecule has 2 heterocycles. The number of anilines is 3. The molecular weight excluding hydrogens is 669 g/mol. The number of furan rings is 1. The Balaban J connectivity index is 1.19. The fraction of sp³-hybridized carbons (Fsp3) is 0. The summed E-state index contributed by atoms with van der Waals surface area (Å²) in [6.45, 7) is 0. The van der Waals surface area contributed by atoms with Gasteiger partial charge >= 0.3 is 0 Å². The summed E-state index contributed by atoms with van der Waals surface area (Å²) in [6.07, 6.45) is 0. The molecule has 0 fully saturated rings. The zero-order valence-electron chi connectivity index (χ0n) is 29.9. The van der Waals surface area contributed by atoms with Crippen LogP contribution in [0.3, 0.4) is 0 Å². The molecule has 0 aliphatic rings. The normalized spacial score (nSPS) is 11.6. The highest BCUT2D eigenvalue weighted by molar-refractivity contribution is 6.15. The van der Waals surface area contributed by atoms with Gasteiger partial charge in [0.1, 0.15) is 11.2 Å². The lowest BCUT2D eigenvalue weighted by Crippen LogP contribution is -2.11. The first-order valence-electron chi connectivity index (χ1n) is 18.8. The number of nitrogens with zero attached hydrogens (tertiary/aromatic N) is 2. The maximum absolute atomic E-state index is 6.46. The Labute approximate surface area is 318 Å². The van der Waals surface area contributed by atoms with Crippen LogP contribution < -0.4 is 4.90 Å². The van der Waals surface area contributed by atoms with Crippen LogP contribution in [0.2, 0.25) is 0 Å². The molecule has 55 heavy (non-hydrogen) atoms. The maximum Gasteiger partial charge on any atom is 0.137 e. The molecule has 0 unspecified atom stereocenters. The lowest BCUT2D eigenvalue weighted by Gasteiger charge is -2.29. The summed E-state index contributed by atoms with van der Waals surface area (Å²) in [6, 6.07) is 74.0. The average Bonchev–Trinajstić information content (AvgIpc) is 3.81. The van der Waals surface area contributed by atoms with Gasteiger partial charge in [-0.1, -0.05) is 146 Å². The molecule has 0 radical (unpaired) electrons. The van der Waals surface area contributed by atoms with Crippen molar-refractivity contribution in [3.05, 3.63) is 206 Å². The van der Waals surface area contributed by atoms with E-state index >= 15 is 0 Å². The first-order chi connectivity index (χ1) is 27.3. The topological polar surface area (TPSA) is 21.3 Å². The summed E-state index contributed by atoms with van der Waals surface area (Å²) in [7, 11) is 0. The van der Waals surface area contributed by atoms with E-state index in [1.54, 1.807) is 0 Å². The minimum Gasteiger partial charge on any atom is -0.456 e. The van der Waals surface area contributed by atoms with Gasteiger partial charge in [-0.2, -0.15) is 0 Å². The molecule has 0 N–H and O–H groups in total. The van der Waals surface area contributed by atoms with E-state index in [9.17, 15) is 0 Å². The highest BCUT2D eigenvalue weighted by atomic mass is 16.3. The molecule has 0 amide bonds. The fourth-order valence-corrected chi connectivity index (χ4v) is 8.53. The molecule has 0 bridgehead atoms. The van der Waals surface area contributed by atoms with Crippen molar-refractivity contribution in [3.63, 3.8) is 0 Å². The van der Waals surface area contributed by atoms with Crippen LogP contribution in [-0.4, -0.2) is 4.57 Å². The number of aromatic nitrogens is 1. The van der Waals surface area contributed by atoms with Crippen LogP contribution in [0.1, 0.15) is 0 Å². The van der Waals surface area contributed by atoms with E-state index in [0.717, 1.165) is 50.3 Å². The van der Waals surface area contributed by atoms with Gasteiger partial charge in [0, 0.05) is 33.1 Å². The molecule has 0 atom stereocenters. The Morgan fingerprint density at radius 1 is 0.382 bits per heavy atom. The van der Waals surface area contributed by atoms with Gasteiger partial charge in [0.2, 0.25) is 0 Å². The predicted octanol–water partition coefficient (Wildman–Crippen LogP) is 14.6. The first kappa shape index (κ1) is 31.2. The Morgan fingerprint density at radius 3 is 1.75 bits per heavy atom. The van der Waals surface area contributed by atoms with E-state index in [4.69, 9.17) is 4.42 Å². The van der Waals surface area contributed by atoms with Crippen molar-refractivity contribution in [3.8, 4) is 27.9 Å². The zero-order valence-corrected chi connectivity index (χ0v) is 29.9. The molecule has 3 nitrogen and oxygen atoms in total. The van der Waals surface area contributed by atoms with Gasteiger partial charge in [-0.05, 0) is 88.1 Å². The van der Waals surface area contributed by atoms with Crippen LogP contribution in [0.4, 0.5) is 17.1 Å². The highest BCUT2D eigenvalue weighted by Crippen LogP contribution is 2.47. The van der Waals surface area contributed by atoms with Crippen molar-refractivity contribution in [2.45, 2.75) is 0 Å². The Kier molecular flexibility index (Phi) is 7.17. The second kappa shape index (κ2) is 12.6. The van der Waals surface area contributed by atoms with Crippen LogP contribution in [0.25, 0.3) is 82.5 Å². The van der Waals surface area contributed by atoms with Crippen molar-refractivity contribution in [1.82, 2.24) is 4.57 Å². The SMILES string of the molecule is c1ccc(-c2ccc(N(c3ccccc3-c3cc(-n4c5ccccc5c5ccccc54)cc4ccccc34)c3cccc4oc5ccccc5c34)cc2)cc1. The van der Waals surface area contributed by atoms with E-state index in [0.29, 0.717) is 0 Å². The molecule has 3 heteroatoms. The molecule has 0 aliphatic heterocycles. The van der Waals surface area contributed by atoms with Crippen LogP contribution in [-0.2, 0) is 0 Å². The average molecular weight is 703 g/mol. The molecule has 0 saturated carbocycles. The molecule has 11 aromatic rings. The number of fused-ring (bicyclic) bond motifs is 7. The lowest BCUT2D eigenvalue weighted by molar-refractivity contribution is 0.669. The molecular formula is C52H34N2O. The highest BCUT2D eigenvalue weighted by Gasteiger charge is 2.23. The van der Waals surface area contributed by atoms with Crippen LogP contribution in [0.5, 0.6) is 0 Å². The van der Waals surface area contributed by atoms with Crippen LogP contribution in [0.15, 0.2) is 211 Å². The zero-order chi connectivity index (χ0) is 36.3. The molecule has 0 aliphatic carbocycles. The van der Waals surface area contributed by atoms with Gasteiger partial charge < -0.3 is 13.9 Å². The summed E-state index contributed by atoms with van der Waals surface area (Å²) >= 11 is 0. The van der Waals surface area contributed by atoms with E-state index in [1.165, 1.54) is 49.3 Å². The maximum atomic E-state index is 6.46. The van der Waals surface area contributed by atoms with Crippen LogP contribution in [0, 0.1) is 0 Å². The molecule has 9 aromatic carbocycles. The monoisotopic (exact) mass is 702 g/mol. The quantitative estimate of drug-likeness (QED) is 0.172. The lowest BCUT2D eigenvalue weighted by atomic mass is 9.94. The minimum absolute atomic E-state index is 0.862. The number of hydrogen-bond donors (Lipinski definition) is 0. The third-order valence-electron chi connectivity index (χ3n) is 11.0. The van der Waals surface area contributed by atoms with Gasteiger partial charge in [0.05, 0.1) is 27.8 Å². The first-order valence-corrected chi connectivity index (χ1v) is 18.8. The van der Waals surface area contributed by atoms with Crippen molar-refractivity contribution < 1.29 is 4.42 Å². The largest absolute Gasteiger partial charge is 0.456 e. The third-order valence-corrected chi connectivity index (χ3v) is 11.0. The summed E-state index contributed by atoms with van der Waals surface area (Å²) in [5.74, 6) is 0. The minimum atomic E-state index is 0.862. The van der Waals surface area contributed by atoms with Gasteiger partial charge in [-0.15, -0.1) is 0 Å². The van der Waals surface area contributed by atoms with Gasteiger partial charge in [0.25, 0.3) is 0 Å². The second-order valence-corrected chi connectivity index (χ2v) is 14.1. The fourth-order valence-electron chi connectivity index (χ4n) is 8.53. The van der Waals surface area contributed by atoms with E-state index in [-0.39, 0.29) is 0 Å². The summed E-state index contributed by atoms with van der Waals surface area (Å²) < 4.78 is 8.88. The Morgan fingerprint density at radius 2 is 0.964 bits per heavy atom. The van der Waals surface area contributed by atoms with Crippen molar-refractivity contribution >= 4 is 71.6 Å². The van der Waals surface area contributed by atoms with Crippen molar-refractivity contribution in [2.75, 3.05) is 4.90 Å². The molecule has 11 rings (SSSR count). The third kappa shape index (κ3) is 5.05.